The number of carbonyl (C=O) groups excluding carboxylic acids is 1. The van der Waals surface area contributed by atoms with Gasteiger partial charge in [-0.1, -0.05) is 6.07 Å². The van der Waals surface area contributed by atoms with Crippen LogP contribution >= 0.6 is 0 Å². The third-order valence-electron chi connectivity index (χ3n) is 2.77. The number of nitrogens with one attached hydrogen (secondary N) is 1. The minimum absolute atomic E-state index is 0.0525. The molecule has 0 unspecified atom stereocenters. The van der Waals surface area contributed by atoms with E-state index in [0.29, 0.717) is 16.9 Å². The molecule has 20 heavy (non-hydrogen) atoms. The highest BCUT2D eigenvalue weighted by Gasteiger charge is 2.16. The van der Waals surface area contributed by atoms with Gasteiger partial charge in [-0.25, -0.2) is 0 Å². The van der Waals surface area contributed by atoms with Crippen LogP contribution in [0.15, 0.2) is 36.5 Å². The number of hydrogen-bond donors (Lipinski definition) is 2. The van der Waals surface area contributed by atoms with Gasteiger partial charge in [0.15, 0.2) is 0 Å². The van der Waals surface area contributed by atoms with Crippen molar-refractivity contribution < 1.29 is 9.72 Å². The van der Waals surface area contributed by atoms with Crippen molar-refractivity contribution in [2.45, 2.75) is 6.92 Å². The smallest absolute Gasteiger partial charge is 0.274 e. The molecule has 1 aromatic carbocycles. The number of carbonyl (C=O) groups is 1. The lowest BCUT2D eigenvalue weighted by molar-refractivity contribution is -0.385. The zero-order valence-electron chi connectivity index (χ0n) is 10.7. The van der Waals surface area contributed by atoms with Gasteiger partial charge in [-0.15, -0.1) is 0 Å². The van der Waals surface area contributed by atoms with Gasteiger partial charge in [0.1, 0.15) is 5.69 Å². The van der Waals surface area contributed by atoms with Gasteiger partial charge in [-0.2, -0.15) is 0 Å². The normalized spacial score (nSPS) is 10.1. The van der Waals surface area contributed by atoms with Gasteiger partial charge in [0.2, 0.25) is 0 Å². The Balaban J connectivity index is 2.29. The molecule has 2 aromatic rings. The molecule has 0 fully saturated rings. The average molecular weight is 272 g/mol. The van der Waals surface area contributed by atoms with Gasteiger partial charge < -0.3 is 11.1 Å². The Labute approximate surface area is 114 Å². The molecule has 1 heterocycles. The molecule has 0 radical (unpaired) electrons. The number of aromatic nitrogens is 1. The molecule has 0 saturated heterocycles. The van der Waals surface area contributed by atoms with Crippen LogP contribution in [-0.2, 0) is 0 Å². The highest BCUT2D eigenvalue weighted by Crippen LogP contribution is 2.25. The van der Waals surface area contributed by atoms with E-state index in [1.54, 1.807) is 19.1 Å². The van der Waals surface area contributed by atoms with Crippen LogP contribution in [0.25, 0.3) is 0 Å². The summed E-state index contributed by atoms with van der Waals surface area (Å²) in [5.74, 6) is -0.471. The van der Waals surface area contributed by atoms with E-state index in [0.717, 1.165) is 0 Å². The van der Waals surface area contributed by atoms with Gasteiger partial charge in [0.25, 0.3) is 11.6 Å². The first-order valence-electron chi connectivity index (χ1n) is 5.76. The molecule has 0 aliphatic rings. The van der Waals surface area contributed by atoms with E-state index in [9.17, 15) is 14.9 Å². The Kier molecular flexibility index (Phi) is 3.60. The van der Waals surface area contributed by atoms with Crippen molar-refractivity contribution in [1.82, 2.24) is 4.98 Å². The Morgan fingerprint density at radius 2 is 2.15 bits per heavy atom. The third-order valence-corrected chi connectivity index (χ3v) is 2.77. The molecule has 2 rings (SSSR count). The second kappa shape index (κ2) is 5.35. The van der Waals surface area contributed by atoms with Crippen LogP contribution < -0.4 is 11.1 Å². The topological polar surface area (TPSA) is 111 Å². The second-order valence-corrected chi connectivity index (χ2v) is 4.14. The van der Waals surface area contributed by atoms with E-state index in [2.05, 4.69) is 10.3 Å². The fourth-order valence-electron chi connectivity index (χ4n) is 1.71. The molecule has 1 amide bonds. The van der Waals surface area contributed by atoms with Gasteiger partial charge in [0.05, 0.1) is 16.2 Å². The zero-order valence-corrected chi connectivity index (χ0v) is 10.7. The second-order valence-electron chi connectivity index (χ2n) is 4.14. The van der Waals surface area contributed by atoms with Crippen molar-refractivity contribution in [3.05, 3.63) is 57.9 Å². The van der Waals surface area contributed by atoms with Crippen LogP contribution in [0.5, 0.6) is 0 Å². The van der Waals surface area contributed by atoms with Gasteiger partial charge >= 0.3 is 0 Å². The third kappa shape index (κ3) is 2.72. The van der Waals surface area contributed by atoms with Crippen molar-refractivity contribution in [2.24, 2.45) is 0 Å². The number of nitrogens with two attached hydrogens (primary N) is 1. The summed E-state index contributed by atoms with van der Waals surface area (Å²) in [5, 5.41) is 13.4. The van der Waals surface area contributed by atoms with Crippen LogP contribution in [0.2, 0.25) is 0 Å². The van der Waals surface area contributed by atoms with Crippen molar-refractivity contribution >= 4 is 23.0 Å². The molecule has 7 heteroatoms. The number of anilines is 2. The molecule has 0 atom stereocenters. The summed E-state index contributed by atoms with van der Waals surface area (Å²) < 4.78 is 0. The summed E-state index contributed by atoms with van der Waals surface area (Å²) in [7, 11) is 0. The number of benzene rings is 1. The molecule has 0 aliphatic heterocycles. The number of nitro groups is 1. The predicted octanol–water partition coefficient (Wildman–Crippen LogP) is 2.13. The molecule has 0 saturated carbocycles. The van der Waals surface area contributed by atoms with Crippen LogP contribution in [0.3, 0.4) is 0 Å². The largest absolute Gasteiger partial charge is 0.399 e. The number of nitrogens with zero attached hydrogens (tertiary/aromatic N) is 2. The molecule has 102 valence electrons. The maximum absolute atomic E-state index is 12.0. The van der Waals surface area contributed by atoms with Gasteiger partial charge in [-0.3, -0.25) is 19.9 Å². The lowest BCUT2D eigenvalue weighted by Crippen LogP contribution is -2.15. The summed E-state index contributed by atoms with van der Waals surface area (Å²) in [5.41, 5.74) is 6.84. The summed E-state index contributed by atoms with van der Waals surface area (Å²) in [6.45, 7) is 1.57. The lowest BCUT2D eigenvalue weighted by atomic mass is 10.1. The quantitative estimate of drug-likeness (QED) is 0.656. The Hall–Kier alpha value is -2.96. The number of hydrogen-bond acceptors (Lipinski definition) is 5. The van der Waals surface area contributed by atoms with Crippen molar-refractivity contribution in [3.8, 4) is 0 Å². The SMILES string of the molecule is Cc1c(NC(=O)c2cc(N)ccn2)cccc1[N+](=O)[O-]. The molecule has 0 spiro atoms. The molecule has 3 N–H and O–H groups in total. The molecule has 1 aromatic heterocycles. The predicted molar refractivity (Wildman–Crippen MR) is 74.4 cm³/mol. The number of amides is 1. The van der Waals surface area contributed by atoms with E-state index in [4.69, 9.17) is 5.73 Å². The summed E-state index contributed by atoms with van der Waals surface area (Å²) in [4.78, 5) is 26.2. The standard InChI is InChI=1S/C13H12N4O3/c1-8-10(3-2-4-12(8)17(19)20)16-13(18)11-7-9(14)5-6-15-11/h2-7H,1H3,(H2,14,15)(H,16,18). The summed E-state index contributed by atoms with van der Waals surface area (Å²) >= 11 is 0. The zero-order chi connectivity index (χ0) is 14.7. The summed E-state index contributed by atoms with van der Waals surface area (Å²) in [6, 6.07) is 7.47. The first-order valence-corrected chi connectivity index (χ1v) is 5.76. The fraction of sp³-hybridized carbons (Fsp3) is 0.0769. The Bertz CT molecular complexity index is 685. The number of nitro benzene ring substituents is 1. The van der Waals surface area contributed by atoms with Crippen LogP contribution in [0.4, 0.5) is 17.1 Å². The summed E-state index contributed by atoms with van der Waals surface area (Å²) in [6.07, 6.45) is 1.42. The molecule has 0 bridgehead atoms. The lowest BCUT2D eigenvalue weighted by Gasteiger charge is -2.08. The number of nitrogen functional groups attached to an aromatic ring is 1. The number of pyridine rings is 1. The molecular weight excluding hydrogens is 260 g/mol. The van der Waals surface area contributed by atoms with E-state index in [1.165, 1.54) is 24.4 Å². The average Bonchev–Trinajstić information content (AvgIpc) is 2.40. The maximum Gasteiger partial charge on any atom is 0.274 e. The van der Waals surface area contributed by atoms with Gasteiger partial charge in [0, 0.05) is 18.0 Å². The maximum atomic E-state index is 12.0. The first kappa shape index (κ1) is 13.5. The van der Waals surface area contributed by atoms with Crippen molar-refractivity contribution in [1.29, 1.82) is 0 Å². The van der Waals surface area contributed by atoms with E-state index in [-0.39, 0.29) is 11.4 Å². The minimum atomic E-state index is -0.496. The highest BCUT2D eigenvalue weighted by molar-refractivity contribution is 6.03. The van der Waals surface area contributed by atoms with Crippen molar-refractivity contribution in [2.75, 3.05) is 11.1 Å². The van der Waals surface area contributed by atoms with Crippen LogP contribution in [0, 0.1) is 17.0 Å². The van der Waals surface area contributed by atoms with E-state index in [1.807, 2.05) is 0 Å². The monoisotopic (exact) mass is 272 g/mol. The van der Waals surface area contributed by atoms with Crippen molar-refractivity contribution in [3.63, 3.8) is 0 Å². The van der Waals surface area contributed by atoms with Crippen LogP contribution in [0.1, 0.15) is 16.1 Å². The Morgan fingerprint density at radius 3 is 2.80 bits per heavy atom. The molecular formula is C13H12N4O3. The van der Waals surface area contributed by atoms with E-state index < -0.39 is 10.8 Å². The van der Waals surface area contributed by atoms with E-state index >= 15 is 0 Å². The highest BCUT2D eigenvalue weighted by atomic mass is 16.6. The fourth-order valence-corrected chi connectivity index (χ4v) is 1.71. The minimum Gasteiger partial charge on any atom is -0.399 e. The molecule has 7 nitrogen and oxygen atoms in total. The van der Waals surface area contributed by atoms with Gasteiger partial charge in [-0.05, 0) is 25.1 Å². The van der Waals surface area contributed by atoms with Crippen LogP contribution in [-0.4, -0.2) is 15.8 Å². The number of rotatable bonds is 3. The Morgan fingerprint density at radius 1 is 1.40 bits per heavy atom. The first-order chi connectivity index (χ1) is 9.49. The molecule has 0 aliphatic carbocycles.